The molecule has 9 nitrogen and oxygen atoms in total. The van der Waals surface area contributed by atoms with Crippen LogP contribution in [0.4, 0.5) is 5.82 Å². The Hall–Kier alpha value is -2.81. The Balaban J connectivity index is 1.26. The van der Waals surface area contributed by atoms with Crippen molar-refractivity contribution in [1.82, 2.24) is 39.6 Å². The number of rotatable bonds is 4. The van der Waals surface area contributed by atoms with Crippen LogP contribution in [0.3, 0.4) is 0 Å². The molecular formula is C17H21N9. The van der Waals surface area contributed by atoms with Crippen LogP contribution in [-0.4, -0.2) is 65.8 Å². The summed E-state index contributed by atoms with van der Waals surface area (Å²) in [7, 11) is 1.95. The Morgan fingerprint density at radius 2 is 1.88 bits per heavy atom. The van der Waals surface area contributed by atoms with Crippen molar-refractivity contribution in [2.75, 3.05) is 31.1 Å². The second-order valence-electron chi connectivity index (χ2n) is 7.15. The van der Waals surface area contributed by atoms with Crippen molar-refractivity contribution in [2.45, 2.75) is 6.54 Å². The van der Waals surface area contributed by atoms with Gasteiger partial charge in [-0.25, -0.2) is 14.6 Å². The lowest BCUT2D eigenvalue weighted by Crippen LogP contribution is -2.29. The molecule has 0 radical (unpaired) electrons. The second-order valence-corrected chi connectivity index (χ2v) is 7.15. The first-order valence-electron chi connectivity index (χ1n) is 8.89. The average Bonchev–Trinajstić information content (AvgIpc) is 3.40. The molecule has 2 aliphatic rings. The van der Waals surface area contributed by atoms with Crippen LogP contribution < -0.4 is 4.90 Å². The highest BCUT2D eigenvalue weighted by molar-refractivity contribution is 5.44. The van der Waals surface area contributed by atoms with E-state index in [-0.39, 0.29) is 0 Å². The van der Waals surface area contributed by atoms with E-state index in [9.17, 15) is 0 Å². The van der Waals surface area contributed by atoms with Gasteiger partial charge in [0.25, 0.3) is 0 Å². The first-order chi connectivity index (χ1) is 12.8. The highest BCUT2D eigenvalue weighted by atomic mass is 15.4. The first kappa shape index (κ1) is 15.4. The van der Waals surface area contributed by atoms with Gasteiger partial charge >= 0.3 is 0 Å². The number of aryl methyl sites for hydroxylation is 1. The van der Waals surface area contributed by atoms with Crippen LogP contribution in [0.25, 0.3) is 5.82 Å². The Morgan fingerprint density at radius 1 is 1.08 bits per heavy atom. The molecule has 0 aromatic carbocycles. The van der Waals surface area contributed by atoms with E-state index in [4.69, 9.17) is 0 Å². The summed E-state index contributed by atoms with van der Waals surface area (Å²) in [5.41, 5.74) is 1.17. The van der Waals surface area contributed by atoms with E-state index in [1.807, 2.05) is 36.3 Å². The average molecular weight is 351 g/mol. The predicted molar refractivity (Wildman–Crippen MR) is 94.6 cm³/mol. The monoisotopic (exact) mass is 351 g/mol. The topological polar surface area (TPSA) is 80.8 Å². The van der Waals surface area contributed by atoms with Crippen molar-refractivity contribution in [3.63, 3.8) is 0 Å². The lowest BCUT2D eigenvalue weighted by atomic mass is 10.0. The lowest BCUT2D eigenvalue weighted by Gasteiger charge is -2.22. The number of fused-ring (bicyclic) bond motifs is 1. The highest BCUT2D eigenvalue weighted by Gasteiger charge is 2.40. The van der Waals surface area contributed by atoms with Gasteiger partial charge in [0.1, 0.15) is 12.1 Å². The Labute approximate surface area is 151 Å². The summed E-state index contributed by atoms with van der Waals surface area (Å²) >= 11 is 0. The van der Waals surface area contributed by atoms with Gasteiger partial charge < -0.3 is 4.90 Å². The van der Waals surface area contributed by atoms with Crippen molar-refractivity contribution in [1.29, 1.82) is 0 Å². The summed E-state index contributed by atoms with van der Waals surface area (Å²) in [6.07, 6.45) is 7.14. The minimum Gasteiger partial charge on any atom is -0.356 e. The van der Waals surface area contributed by atoms with Gasteiger partial charge in [0.05, 0.1) is 11.9 Å². The molecule has 3 aromatic rings. The molecule has 0 saturated carbocycles. The Morgan fingerprint density at radius 3 is 2.58 bits per heavy atom. The summed E-state index contributed by atoms with van der Waals surface area (Å²) in [4.78, 5) is 13.7. The zero-order valence-corrected chi connectivity index (χ0v) is 14.7. The summed E-state index contributed by atoms with van der Waals surface area (Å²) in [5, 5.41) is 12.2. The van der Waals surface area contributed by atoms with Gasteiger partial charge in [-0.2, -0.15) is 5.10 Å². The molecule has 0 bridgehead atoms. The van der Waals surface area contributed by atoms with Crippen molar-refractivity contribution in [2.24, 2.45) is 18.9 Å². The third-order valence-electron chi connectivity index (χ3n) is 5.46. The maximum atomic E-state index is 4.49. The Kier molecular flexibility index (Phi) is 3.66. The van der Waals surface area contributed by atoms with Crippen molar-refractivity contribution in [3.8, 4) is 5.82 Å². The molecule has 5 rings (SSSR count). The SMILES string of the molecule is Cn1nncc1CN1CC2CN(c3cc(-n4cccn4)ncn3)CC2C1. The molecule has 2 atom stereocenters. The maximum absolute atomic E-state index is 4.49. The summed E-state index contributed by atoms with van der Waals surface area (Å²) < 4.78 is 3.63. The maximum Gasteiger partial charge on any atom is 0.158 e. The van der Waals surface area contributed by atoms with Crippen LogP contribution in [0.1, 0.15) is 5.69 Å². The van der Waals surface area contributed by atoms with Gasteiger partial charge in [0, 0.05) is 58.2 Å². The quantitative estimate of drug-likeness (QED) is 0.671. The lowest BCUT2D eigenvalue weighted by molar-refractivity contribution is 0.300. The number of hydrogen-bond donors (Lipinski definition) is 0. The van der Waals surface area contributed by atoms with Gasteiger partial charge in [-0.05, 0) is 17.9 Å². The van der Waals surface area contributed by atoms with Gasteiger partial charge in [-0.3, -0.25) is 9.58 Å². The number of nitrogens with zero attached hydrogens (tertiary/aromatic N) is 9. The minimum absolute atomic E-state index is 0.680. The molecule has 26 heavy (non-hydrogen) atoms. The summed E-state index contributed by atoms with van der Waals surface area (Å²) in [6, 6.07) is 3.92. The number of aromatic nitrogens is 7. The zero-order valence-electron chi connectivity index (χ0n) is 14.7. The van der Waals surface area contributed by atoms with Crippen LogP contribution in [-0.2, 0) is 13.6 Å². The van der Waals surface area contributed by atoms with E-state index in [1.165, 1.54) is 5.69 Å². The molecular weight excluding hydrogens is 330 g/mol. The second kappa shape index (κ2) is 6.17. The van der Waals surface area contributed by atoms with Crippen LogP contribution >= 0.6 is 0 Å². The van der Waals surface area contributed by atoms with Crippen molar-refractivity contribution in [3.05, 3.63) is 42.7 Å². The third kappa shape index (κ3) is 2.74. The van der Waals surface area contributed by atoms with E-state index in [1.54, 1.807) is 17.2 Å². The minimum atomic E-state index is 0.680. The number of hydrogen-bond acceptors (Lipinski definition) is 7. The number of likely N-dealkylation sites (tertiary alicyclic amines) is 1. The van der Waals surface area contributed by atoms with Crippen molar-refractivity contribution >= 4 is 5.82 Å². The largest absolute Gasteiger partial charge is 0.356 e. The number of anilines is 1. The molecule has 2 saturated heterocycles. The molecule has 9 heteroatoms. The molecule has 5 heterocycles. The van der Waals surface area contributed by atoms with Crippen molar-refractivity contribution < 1.29 is 0 Å². The fourth-order valence-electron chi connectivity index (χ4n) is 4.13. The molecule has 134 valence electrons. The molecule has 0 spiro atoms. The predicted octanol–water partition coefficient (Wildman–Crippen LogP) is 0.359. The fraction of sp³-hybridized carbons (Fsp3) is 0.471. The smallest absolute Gasteiger partial charge is 0.158 e. The molecule has 0 aliphatic carbocycles. The molecule has 3 aromatic heterocycles. The van der Waals surface area contributed by atoms with Crippen LogP contribution in [0, 0.1) is 11.8 Å². The van der Waals surface area contributed by atoms with E-state index >= 15 is 0 Å². The molecule has 0 amide bonds. The standard InChI is InChI=1S/C17H21N9/c1-23-15(6-20-22-23)11-24-7-13-9-25(10-14(13)8-24)16-5-17(19-12-18-16)26-4-2-3-21-26/h2-6,12-14H,7-11H2,1H3. The zero-order chi connectivity index (χ0) is 17.5. The van der Waals surface area contributed by atoms with E-state index < -0.39 is 0 Å². The van der Waals surface area contributed by atoms with E-state index in [0.717, 1.165) is 44.4 Å². The first-order valence-corrected chi connectivity index (χ1v) is 8.89. The van der Waals surface area contributed by atoms with Gasteiger partial charge in [-0.15, -0.1) is 5.10 Å². The summed E-state index contributed by atoms with van der Waals surface area (Å²) in [5.74, 6) is 3.16. The van der Waals surface area contributed by atoms with Gasteiger partial charge in [0.2, 0.25) is 0 Å². The van der Waals surface area contributed by atoms with Crippen LogP contribution in [0.5, 0.6) is 0 Å². The van der Waals surface area contributed by atoms with Crippen LogP contribution in [0.15, 0.2) is 37.1 Å². The van der Waals surface area contributed by atoms with Crippen LogP contribution in [0.2, 0.25) is 0 Å². The third-order valence-corrected chi connectivity index (χ3v) is 5.46. The fourth-order valence-corrected chi connectivity index (χ4v) is 4.13. The van der Waals surface area contributed by atoms with Gasteiger partial charge in [-0.1, -0.05) is 5.21 Å². The van der Waals surface area contributed by atoms with Gasteiger partial charge in [0.15, 0.2) is 5.82 Å². The van der Waals surface area contributed by atoms with E-state index in [0.29, 0.717) is 11.8 Å². The highest BCUT2D eigenvalue weighted by Crippen LogP contribution is 2.34. The normalized spacial score (nSPS) is 22.9. The Bertz CT molecular complexity index is 873. The summed E-state index contributed by atoms with van der Waals surface area (Å²) in [6.45, 7) is 5.24. The molecule has 0 N–H and O–H groups in total. The molecule has 2 fully saturated rings. The molecule has 2 unspecified atom stereocenters. The molecule has 2 aliphatic heterocycles. The van der Waals surface area contributed by atoms with E-state index in [2.05, 4.69) is 35.2 Å².